The maximum Gasteiger partial charge on any atom is 0.250 e. The third kappa shape index (κ3) is 3.46. The fourth-order valence-electron chi connectivity index (χ4n) is 4.82. The van der Waals surface area contributed by atoms with E-state index in [1.165, 1.54) is 46.7 Å². The van der Waals surface area contributed by atoms with Gasteiger partial charge in [0.05, 0.1) is 5.52 Å². The normalized spacial score (nSPS) is 14.7. The molecule has 0 bridgehead atoms. The third-order valence-corrected chi connectivity index (χ3v) is 6.49. The van der Waals surface area contributed by atoms with Crippen molar-refractivity contribution in [1.29, 1.82) is 0 Å². The number of nitrogen functional groups attached to an aromatic ring is 1. The van der Waals surface area contributed by atoms with Crippen molar-refractivity contribution in [1.82, 2.24) is 4.57 Å². The minimum Gasteiger partial charge on any atom is -0.398 e. The number of aryl methyl sites for hydroxylation is 2. The highest BCUT2D eigenvalue weighted by Gasteiger charge is 2.20. The van der Waals surface area contributed by atoms with Crippen LogP contribution in [-0.4, -0.2) is 4.57 Å². The average molecular weight is 407 g/mol. The third-order valence-electron chi connectivity index (χ3n) is 6.49. The van der Waals surface area contributed by atoms with E-state index in [4.69, 9.17) is 5.73 Å². The van der Waals surface area contributed by atoms with Gasteiger partial charge in [-0.25, -0.2) is 0 Å². The van der Waals surface area contributed by atoms with Gasteiger partial charge in [-0.15, -0.1) is 0 Å². The monoisotopic (exact) mass is 406 g/mol. The Morgan fingerprint density at radius 2 is 1.71 bits per heavy atom. The number of hydrogen-bond acceptors (Lipinski definition) is 2. The van der Waals surface area contributed by atoms with Gasteiger partial charge in [-0.3, -0.25) is 4.79 Å². The number of para-hydroxylation sites is 1. The second-order valence-electron chi connectivity index (χ2n) is 8.28. The second-order valence-corrected chi connectivity index (χ2v) is 8.28. The summed E-state index contributed by atoms with van der Waals surface area (Å²) in [6, 6.07) is 22.0. The smallest absolute Gasteiger partial charge is 0.250 e. The van der Waals surface area contributed by atoms with Gasteiger partial charge in [-0.2, -0.15) is 0 Å². The average Bonchev–Trinajstić information content (AvgIpc) is 2.82. The van der Waals surface area contributed by atoms with Crippen molar-refractivity contribution in [2.45, 2.75) is 25.7 Å². The number of anilines is 1. The number of pyridine rings is 1. The molecule has 2 N–H and O–H groups in total. The van der Waals surface area contributed by atoms with Crippen LogP contribution in [0.15, 0.2) is 89.2 Å². The van der Waals surface area contributed by atoms with E-state index in [0.29, 0.717) is 0 Å². The molecule has 2 aliphatic carbocycles. The van der Waals surface area contributed by atoms with Gasteiger partial charge in [-0.1, -0.05) is 60.2 Å². The van der Waals surface area contributed by atoms with Crippen LogP contribution in [0.1, 0.15) is 30.4 Å². The molecule has 0 saturated carbocycles. The predicted octanol–water partition coefficient (Wildman–Crippen LogP) is 6.01. The van der Waals surface area contributed by atoms with E-state index in [-0.39, 0.29) is 5.56 Å². The zero-order chi connectivity index (χ0) is 21.4. The Morgan fingerprint density at radius 3 is 2.61 bits per heavy atom. The van der Waals surface area contributed by atoms with Gasteiger partial charge in [-0.05, 0) is 71.4 Å². The molecule has 0 aliphatic heterocycles. The van der Waals surface area contributed by atoms with Gasteiger partial charge in [0.2, 0.25) is 0 Å². The lowest BCUT2D eigenvalue weighted by Crippen LogP contribution is -2.14. The fraction of sp³-hybridized carbons (Fsp3) is 0.179. The first kappa shape index (κ1) is 19.4. The zero-order valence-electron chi connectivity index (χ0n) is 17.8. The summed E-state index contributed by atoms with van der Waals surface area (Å²) in [5, 5.41) is 3.63. The Morgan fingerprint density at radius 1 is 0.839 bits per heavy atom. The molecule has 0 spiro atoms. The van der Waals surface area contributed by atoms with E-state index in [1.807, 2.05) is 36.4 Å². The topological polar surface area (TPSA) is 48.0 Å². The highest BCUT2D eigenvalue weighted by molar-refractivity contribution is 5.99. The predicted molar refractivity (Wildman–Crippen MR) is 131 cm³/mol. The second kappa shape index (κ2) is 7.92. The molecule has 0 atom stereocenters. The Bertz CT molecular complexity index is 1420. The van der Waals surface area contributed by atoms with Crippen molar-refractivity contribution in [3.8, 4) is 0 Å². The summed E-state index contributed by atoms with van der Waals surface area (Å²) in [5.41, 5.74) is 14.0. The molecule has 0 saturated heterocycles. The van der Waals surface area contributed by atoms with Crippen molar-refractivity contribution in [2.24, 2.45) is 7.05 Å². The van der Waals surface area contributed by atoms with Crippen molar-refractivity contribution < 1.29 is 0 Å². The van der Waals surface area contributed by atoms with E-state index < -0.39 is 0 Å². The standard InChI is InChI=1S/C18H17N.C10H9NO/c19-18-7-3-6-14-16-9-8-12-4-1-2-5-13(12)15(16)10-11-17(14)18;1-11-9-5-3-2-4-8(9)6-7-10(11)12/h2-3,5-7,10-11H,1,4,8-9,19H2;2-7H,1H3. The first-order valence-electron chi connectivity index (χ1n) is 10.9. The largest absolute Gasteiger partial charge is 0.398 e. The van der Waals surface area contributed by atoms with Gasteiger partial charge in [0.15, 0.2) is 0 Å². The van der Waals surface area contributed by atoms with E-state index in [0.717, 1.165) is 23.0 Å². The van der Waals surface area contributed by atoms with Gasteiger partial charge >= 0.3 is 0 Å². The number of nitrogens with zero attached hydrogens (tertiary/aromatic N) is 1. The maximum absolute atomic E-state index is 11.2. The number of hydrogen-bond donors (Lipinski definition) is 1. The molecule has 154 valence electrons. The van der Waals surface area contributed by atoms with Crippen LogP contribution in [0.5, 0.6) is 0 Å². The number of nitrogens with two attached hydrogens (primary N) is 1. The molecule has 6 rings (SSSR count). The van der Waals surface area contributed by atoms with Crippen LogP contribution in [0.4, 0.5) is 5.69 Å². The van der Waals surface area contributed by atoms with Crippen LogP contribution >= 0.6 is 0 Å². The molecule has 4 aromatic rings. The molecule has 3 nitrogen and oxygen atoms in total. The summed E-state index contributed by atoms with van der Waals surface area (Å²) in [4.78, 5) is 11.2. The number of rotatable bonds is 0. The maximum atomic E-state index is 11.2. The molecule has 0 radical (unpaired) electrons. The number of allylic oxidation sites excluding steroid dienone is 4. The van der Waals surface area contributed by atoms with Crippen molar-refractivity contribution in [2.75, 3.05) is 5.73 Å². The van der Waals surface area contributed by atoms with Crippen LogP contribution in [0.2, 0.25) is 0 Å². The number of benzene rings is 3. The van der Waals surface area contributed by atoms with Gasteiger partial charge in [0.25, 0.3) is 5.56 Å². The van der Waals surface area contributed by atoms with E-state index >= 15 is 0 Å². The molecule has 2 aliphatic rings. The molecular weight excluding hydrogens is 380 g/mol. The van der Waals surface area contributed by atoms with E-state index in [2.05, 4.69) is 36.4 Å². The summed E-state index contributed by atoms with van der Waals surface area (Å²) < 4.78 is 1.65. The Hall–Kier alpha value is -3.59. The number of fused-ring (bicyclic) bond motifs is 5. The molecule has 0 amide bonds. The zero-order valence-corrected chi connectivity index (χ0v) is 17.8. The van der Waals surface area contributed by atoms with Gasteiger partial charge in [0, 0.05) is 24.2 Å². The van der Waals surface area contributed by atoms with Crippen LogP contribution in [0, 0.1) is 0 Å². The molecule has 3 aromatic carbocycles. The minimum atomic E-state index is 0.0358. The summed E-state index contributed by atoms with van der Waals surface area (Å²) in [5.74, 6) is 0. The lowest BCUT2D eigenvalue weighted by atomic mass is 9.79. The van der Waals surface area contributed by atoms with Gasteiger partial charge in [0.1, 0.15) is 0 Å². The van der Waals surface area contributed by atoms with Crippen LogP contribution in [-0.2, 0) is 13.5 Å². The van der Waals surface area contributed by atoms with Crippen LogP contribution < -0.4 is 11.3 Å². The van der Waals surface area contributed by atoms with E-state index in [9.17, 15) is 4.79 Å². The SMILES string of the molecule is Cn1c(=O)ccc2ccccc21.Nc1cccc2c3c(ccc12)C1=C(CCC=C1)CC3. The number of aromatic nitrogens is 1. The first-order chi connectivity index (χ1) is 15.1. The molecular formula is C28H26N2O. The molecule has 31 heavy (non-hydrogen) atoms. The highest BCUT2D eigenvalue weighted by Crippen LogP contribution is 2.40. The fourth-order valence-corrected chi connectivity index (χ4v) is 4.82. The van der Waals surface area contributed by atoms with Crippen LogP contribution in [0.25, 0.3) is 27.2 Å². The molecule has 1 heterocycles. The van der Waals surface area contributed by atoms with Gasteiger partial charge < -0.3 is 10.3 Å². The summed E-state index contributed by atoms with van der Waals surface area (Å²) in [6.45, 7) is 0. The Labute approximate surface area is 182 Å². The first-order valence-corrected chi connectivity index (χ1v) is 10.9. The molecule has 0 unspecified atom stereocenters. The van der Waals surface area contributed by atoms with Crippen molar-refractivity contribution >= 4 is 32.9 Å². The lowest BCUT2D eigenvalue weighted by molar-refractivity contribution is 0.831. The van der Waals surface area contributed by atoms with E-state index in [1.54, 1.807) is 23.3 Å². The van der Waals surface area contributed by atoms with Crippen LogP contribution in [0.3, 0.4) is 0 Å². The molecule has 1 aromatic heterocycles. The Kier molecular flexibility index (Phi) is 4.95. The summed E-state index contributed by atoms with van der Waals surface area (Å²) >= 11 is 0. The lowest BCUT2D eigenvalue weighted by Gasteiger charge is -2.25. The van der Waals surface area contributed by atoms with Crippen molar-refractivity contribution in [3.05, 3.63) is 106 Å². The Balaban J connectivity index is 0.000000147. The summed E-state index contributed by atoms with van der Waals surface area (Å²) in [6.07, 6.45) is 9.42. The summed E-state index contributed by atoms with van der Waals surface area (Å²) in [7, 11) is 1.78. The highest BCUT2D eigenvalue weighted by atomic mass is 16.1. The molecule has 0 fully saturated rings. The minimum absolute atomic E-state index is 0.0358. The quantitative estimate of drug-likeness (QED) is 0.364. The molecule has 3 heteroatoms. The van der Waals surface area contributed by atoms with Crippen molar-refractivity contribution in [3.63, 3.8) is 0 Å².